The van der Waals surface area contributed by atoms with Gasteiger partial charge in [0.05, 0.1) is 12.8 Å². The number of nitrogens with zero attached hydrogens (tertiary/aromatic N) is 4. The van der Waals surface area contributed by atoms with E-state index in [4.69, 9.17) is 4.74 Å². The highest BCUT2D eigenvalue weighted by molar-refractivity contribution is 6.08. The number of nitrogens with one attached hydrogen (secondary N) is 1. The van der Waals surface area contributed by atoms with Crippen molar-refractivity contribution in [2.75, 3.05) is 31.6 Å². The van der Waals surface area contributed by atoms with Crippen molar-refractivity contribution in [2.24, 2.45) is 0 Å². The van der Waals surface area contributed by atoms with Crippen molar-refractivity contribution in [3.63, 3.8) is 0 Å². The van der Waals surface area contributed by atoms with E-state index in [9.17, 15) is 9.90 Å². The molecule has 2 aliphatic rings. The van der Waals surface area contributed by atoms with E-state index in [-0.39, 0.29) is 18.1 Å². The summed E-state index contributed by atoms with van der Waals surface area (Å²) in [6, 6.07) is 5.99. The number of amides is 1. The van der Waals surface area contributed by atoms with E-state index < -0.39 is 0 Å². The fraction of sp³-hybridized carbons (Fsp3) is 0.458. The van der Waals surface area contributed by atoms with Gasteiger partial charge in [0.15, 0.2) is 5.65 Å². The van der Waals surface area contributed by atoms with Gasteiger partial charge in [-0.2, -0.15) is 5.10 Å². The Morgan fingerprint density at radius 3 is 2.91 bits per heavy atom. The minimum absolute atomic E-state index is 0.182. The lowest BCUT2D eigenvalue weighted by molar-refractivity contribution is 0.102. The molecule has 168 valence electrons. The van der Waals surface area contributed by atoms with Crippen molar-refractivity contribution < 1.29 is 14.6 Å². The average Bonchev–Trinajstić information content (AvgIpc) is 3.33. The Balaban J connectivity index is 1.46. The van der Waals surface area contributed by atoms with Gasteiger partial charge in [0, 0.05) is 36.6 Å². The molecule has 2 N–H and O–H groups in total. The SMILES string of the molecule is CC1(C)Cc2cc(NC(=O)c3cnn4cccnc34)c(C3CCN(CCO)CC3)cc2O1. The normalized spacial score (nSPS) is 18.5. The summed E-state index contributed by atoms with van der Waals surface area (Å²) in [5.74, 6) is 1.02. The van der Waals surface area contributed by atoms with Crippen LogP contribution in [0.2, 0.25) is 0 Å². The van der Waals surface area contributed by atoms with Gasteiger partial charge >= 0.3 is 0 Å². The number of benzene rings is 1. The summed E-state index contributed by atoms with van der Waals surface area (Å²) in [5.41, 5.74) is 3.80. The number of ether oxygens (including phenoxy) is 1. The van der Waals surface area contributed by atoms with Gasteiger partial charge in [0.1, 0.15) is 16.9 Å². The van der Waals surface area contributed by atoms with Gasteiger partial charge in [0.2, 0.25) is 0 Å². The van der Waals surface area contributed by atoms with Gasteiger partial charge < -0.3 is 20.1 Å². The number of fused-ring (bicyclic) bond motifs is 2. The second kappa shape index (κ2) is 8.18. The second-order valence-electron chi connectivity index (χ2n) is 9.33. The van der Waals surface area contributed by atoms with Crippen LogP contribution in [0.3, 0.4) is 0 Å². The van der Waals surface area contributed by atoms with Crippen LogP contribution in [-0.2, 0) is 6.42 Å². The van der Waals surface area contributed by atoms with Crippen LogP contribution in [-0.4, -0.2) is 62.4 Å². The molecule has 8 heteroatoms. The smallest absolute Gasteiger partial charge is 0.261 e. The van der Waals surface area contributed by atoms with Gasteiger partial charge in [-0.15, -0.1) is 0 Å². The van der Waals surface area contributed by atoms with E-state index in [1.165, 1.54) is 0 Å². The fourth-order valence-corrected chi connectivity index (χ4v) is 4.90. The third-order valence-electron chi connectivity index (χ3n) is 6.45. The van der Waals surface area contributed by atoms with E-state index in [2.05, 4.69) is 46.3 Å². The van der Waals surface area contributed by atoms with Crippen molar-refractivity contribution >= 4 is 17.2 Å². The number of hydrogen-bond acceptors (Lipinski definition) is 6. The number of aromatic nitrogens is 3. The summed E-state index contributed by atoms with van der Waals surface area (Å²) < 4.78 is 7.80. The lowest BCUT2D eigenvalue weighted by atomic mass is 9.87. The number of anilines is 1. The molecular weight excluding hydrogens is 406 g/mol. The zero-order valence-corrected chi connectivity index (χ0v) is 18.5. The standard InChI is InChI=1S/C24H29N5O3/c1-24(2)14-17-12-20(27-23(31)19-15-26-29-7-3-6-25-22(19)29)18(13-21(17)32-24)16-4-8-28(9-5-16)10-11-30/h3,6-7,12-13,15-16,30H,4-5,8-11,14H2,1-2H3,(H,27,31). The van der Waals surface area contributed by atoms with Crippen LogP contribution in [0, 0.1) is 0 Å². The summed E-state index contributed by atoms with van der Waals surface area (Å²) in [6.07, 6.45) is 7.75. The van der Waals surface area contributed by atoms with Crippen molar-refractivity contribution in [3.05, 3.63) is 53.5 Å². The fourth-order valence-electron chi connectivity index (χ4n) is 4.90. The number of β-amino-alcohol motifs (C(OH)–C–C–N with tert-alkyl or cyclic N) is 1. The molecule has 2 aliphatic heterocycles. The molecule has 2 aromatic heterocycles. The number of carbonyl (C=O) groups excluding carboxylic acids is 1. The lowest BCUT2D eigenvalue weighted by Crippen LogP contribution is -2.35. The molecule has 0 bridgehead atoms. The molecule has 0 spiro atoms. The Morgan fingerprint density at radius 2 is 2.12 bits per heavy atom. The van der Waals surface area contributed by atoms with Crippen molar-refractivity contribution in [3.8, 4) is 5.75 Å². The molecule has 8 nitrogen and oxygen atoms in total. The van der Waals surface area contributed by atoms with Crippen LogP contribution < -0.4 is 10.1 Å². The van der Waals surface area contributed by atoms with Crippen LogP contribution in [0.25, 0.3) is 5.65 Å². The molecule has 0 unspecified atom stereocenters. The van der Waals surface area contributed by atoms with Crippen LogP contribution in [0.4, 0.5) is 5.69 Å². The monoisotopic (exact) mass is 435 g/mol. The first-order valence-electron chi connectivity index (χ1n) is 11.2. The van der Waals surface area contributed by atoms with E-state index >= 15 is 0 Å². The van der Waals surface area contributed by atoms with Gasteiger partial charge in [-0.1, -0.05) is 0 Å². The number of aliphatic hydroxyl groups is 1. The Hall–Kier alpha value is -2.97. The van der Waals surface area contributed by atoms with Gasteiger partial charge in [0.25, 0.3) is 5.91 Å². The van der Waals surface area contributed by atoms with E-state index in [0.717, 1.165) is 54.9 Å². The number of likely N-dealkylation sites (tertiary alicyclic amines) is 1. The van der Waals surface area contributed by atoms with E-state index in [0.29, 0.717) is 23.7 Å². The minimum atomic E-state index is -0.251. The highest BCUT2D eigenvalue weighted by Crippen LogP contribution is 2.42. The first-order valence-corrected chi connectivity index (χ1v) is 11.2. The Kier molecular flexibility index (Phi) is 5.35. The van der Waals surface area contributed by atoms with E-state index in [1.54, 1.807) is 29.2 Å². The molecule has 0 saturated carbocycles. The molecule has 4 heterocycles. The molecule has 3 aromatic rings. The maximum atomic E-state index is 13.2. The highest BCUT2D eigenvalue weighted by atomic mass is 16.5. The van der Waals surface area contributed by atoms with Crippen LogP contribution in [0.5, 0.6) is 5.75 Å². The molecule has 1 aromatic carbocycles. The Morgan fingerprint density at radius 1 is 1.31 bits per heavy atom. The molecule has 0 aliphatic carbocycles. The Labute approximate surface area is 187 Å². The first kappa shape index (κ1) is 20.9. The highest BCUT2D eigenvalue weighted by Gasteiger charge is 2.33. The minimum Gasteiger partial charge on any atom is -0.487 e. The van der Waals surface area contributed by atoms with Gasteiger partial charge in [-0.05, 0) is 69.5 Å². The molecule has 32 heavy (non-hydrogen) atoms. The zero-order chi connectivity index (χ0) is 22.3. The average molecular weight is 436 g/mol. The summed E-state index contributed by atoms with van der Waals surface area (Å²) in [7, 11) is 0. The predicted octanol–water partition coefficient (Wildman–Crippen LogP) is 2.87. The molecule has 1 amide bonds. The maximum absolute atomic E-state index is 13.2. The lowest BCUT2D eigenvalue weighted by Gasteiger charge is -2.32. The van der Waals surface area contributed by atoms with Crippen molar-refractivity contribution in [1.29, 1.82) is 0 Å². The molecule has 5 rings (SSSR count). The third-order valence-corrected chi connectivity index (χ3v) is 6.45. The summed E-state index contributed by atoms with van der Waals surface area (Å²) in [6.45, 7) is 6.92. The number of piperidine rings is 1. The number of carbonyl (C=O) groups is 1. The number of rotatable bonds is 5. The summed E-state index contributed by atoms with van der Waals surface area (Å²) in [4.78, 5) is 19.8. The molecule has 1 saturated heterocycles. The summed E-state index contributed by atoms with van der Waals surface area (Å²) >= 11 is 0. The van der Waals surface area contributed by atoms with Crippen LogP contribution >= 0.6 is 0 Å². The second-order valence-corrected chi connectivity index (χ2v) is 9.33. The zero-order valence-electron chi connectivity index (χ0n) is 18.5. The molecular formula is C24H29N5O3. The van der Waals surface area contributed by atoms with Gasteiger partial charge in [-0.3, -0.25) is 4.79 Å². The number of hydrogen-bond donors (Lipinski definition) is 2. The van der Waals surface area contributed by atoms with Crippen molar-refractivity contribution in [1.82, 2.24) is 19.5 Å². The topological polar surface area (TPSA) is 92.0 Å². The van der Waals surface area contributed by atoms with Gasteiger partial charge in [-0.25, -0.2) is 9.50 Å². The van der Waals surface area contributed by atoms with Crippen LogP contribution in [0.1, 0.15) is 54.1 Å². The largest absolute Gasteiger partial charge is 0.487 e. The Bertz CT molecular complexity index is 1150. The van der Waals surface area contributed by atoms with E-state index in [1.807, 2.05) is 0 Å². The maximum Gasteiger partial charge on any atom is 0.261 e. The van der Waals surface area contributed by atoms with Crippen LogP contribution in [0.15, 0.2) is 36.8 Å². The van der Waals surface area contributed by atoms with Crippen molar-refractivity contribution in [2.45, 2.75) is 44.6 Å². The third kappa shape index (κ3) is 3.96. The first-order chi connectivity index (χ1) is 15.4. The summed E-state index contributed by atoms with van der Waals surface area (Å²) in [5, 5.41) is 16.6. The molecule has 1 fully saturated rings. The molecule has 0 atom stereocenters. The number of aliphatic hydroxyl groups excluding tert-OH is 1. The quantitative estimate of drug-likeness (QED) is 0.640. The predicted molar refractivity (Wildman–Crippen MR) is 121 cm³/mol. The molecule has 0 radical (unpaired) electrons.